The third kappa shape index (κ3) is 20.5. The van der Waals surface area contributed by atoms with Crippen molar-refractivity contribution in [1.29, 1.82) is 0 Å². The number of aliphatic hydroxyl groups excluding tert-OH is 1. The molecule has 0 saturated heterocycles. The highest BCUT2D eigenvalue weighted by molar-refractivity contribution is 7.86. The molecule has 0 aromatic rings. The molecule has 0 aliphatic carbocycles. The standard InChI is InChI=1S/C21H44O6S/c1-3-5-15-25-17-11-7-8-13-19-27-28(23,24)20-21(22)14-10-9-12-18-26-16-6-4-2/h21-22H,3-20H2,1-2H3. The minimum atomic E-state index is -3.65. The summed E-state index contributed by atoms with van der Waals surface area (Å²) in [6.45, 7) is 7.62. The van der Waals surface area contributed by atoms with E-state index in [4.69, 9.17) is 13.7 Å². The van der Waals surface area contributed by atoms with E-state index >= 15 is 0 Å². The average molecular weight is 425 g/mol. The van der Waals surface area contributed by atoms with Gasteiger partial charge in [-0.3, -0.25) is 4.18 Å². The molecule has 0 radical (unpaired) electrons. The fourth-order valence-electron chi connectivity index (χ4n) is 2.67. The van der Waals surface area contributed by atoms with Crippen LogP contribution in [-0.2, 0) is 23.8 Å². The Hall–Kier alpha value is -0.210. The van der Waals surface area contributed by atoms with E-state index in [1.807, 2.05) is 0 Å². The molecule has 0 amide bonds. The highest BCUT2D eigenvalue weighted by atomic mass is 32.2. The van der Waals surface area contributed by atoms with Crippen LogP contribution in [0.1, 0.15) is 90.9 Å². The number of hydrogen-bond donors (Lipinski definition) is 1. The van der Waals surface area contributed by atoms with E-state index in [0.717, 1.165) is 90.6 Å². The van der Waals surface area contributed by atoms with Crippen molar-refractivity contribution in [3.05, 3.63) is 0 Å². The fourth-order valence-corrected chi connectivity index (χ4v) is 3.78. The van der Waals surface area contributed by atoms with Gasteiger partial charge in [0.2, 0.25) is 0 Å². The van der Waals surface area contributed by atoms with Crippen LogP contribution in [0.3, 0.4) is 0 Å². The summed E-state index contributed by atoms with van der Waals surface area (Å²) in [6.07, 6.45) is 10.4. The number of ether oxygens (including phenoxy) is 2. The molecule has 6 nitrogen and oxygen atoms in total. The van der Waals surface area contributed by atoms with Crippen LogP contribution in [0.15, 0.2) is 0 Å². The highest BCUT2D eigenvalue weighted by Crippen LogP contribution is 2.09. The van der Waals surface area contributed by atoms with Gasteiger partial charge in [-0.2, -0.15) is 8.42 Å². The van der Waals surface area contributed by atoms with Crippen LogP contribution in [0, 0.1) is 0 Å². The van der Waals surface area contributed by atoms with Crippen LogP contribution in [0.4, 0.5) is 0 Å². The van der Waals surface area contributed by atoms with E-state index in [0.29, 0.717) is 12.8 Å². The summed E-state index contributed by atoms with van der Waals surface area (Å²) in [5.41, 5.74) is 0. The maximum Gasteiger partial charge on any atom is 0.269 e. The molecule has 1 unspecified atom stereocenters. The predicted molar refractivity (Wildman–Crippen MR) is 114 cm³/mol. The SMILES string of the molecule is CCCCOCCCCCCOS(=O)(=O)CC(O)CCCCCOCCCC. The van der Waals surface area contributed by atoms with Gasteiger partial charge >= 0.3 is 0 Å². The third-order valence-corrected chi connectivity index (χ3v) is 5.77. The summed E-state index contributed by atoms with van der Waals surface area (Å²) in [7, 11) is -3.65. The van der Waals surface area contributed by atoms with E-state index < -0.39 is 16.2 Å². The van der Waals surface area contributed by atoms with Crippen molar-refractivity contribution in [2.45, 2.75) is 97.0 Å². The van der Waals surface area contributed by atoms with Gasteiger partial charge in [0.1, 0.15) is 5.75 Å². The summed E-state index contributed by atoms with van der Waals surface area (Å²) >= 11 is 0. The Morgan fingerprint density at radius 1 is 0.679 bits per heavy atom. The second-order valence-corrected chi connectivity index (χ2v) is 9.08. The zero-order chi connectivity index (χ0) is 20.9. The molecule has 0 aromatic carbocycles. The van der Waals surface area contributed by atoms with Gasteiger partial charge in [-0.05, 0) is 38.5 Å². The Kier molecular flexibility index (Phi) is 19.9. The van der Waals surface area contributed by atoms with Crippen molar-refractivity contribution in [3.8, 4) is 0 Å². The van der Waals surface area contributed by atoms with E-state index in [2.05, 4.69) is 13.8 Å². The molecule has 1 atom stereocenters. The number of hydrogen-bond acceptors (Lipinski definition) is 6. The predicted octanol–water partition coefficient (Wildman–Crippen LogP) is 4.45. The molecule has 28 heavy (non-hydrogen) atoms. The van der Waals surface area contributed by atoms with Crippen molar-refractivity contribution in [2.75, 3.05) is 38.8 Å². The van der Waals surface area contributed by atoms with Crippen molar-refractivity contribution in [3.63, 3.8) is 0 Å². The summed E-state index contributed by atoms with van der Waals surface area (Å²) < 4.78 is 39.7. The Balaban J connectivity index is 3.52. The van der Waals surface area contributed by atoms with Gasteiger partial charge in [0.05, 0.1) is 12.7 Å². The lowest BCUT2D eigenvalue weighted by Gasteiger charge is -2.11. The van der Waals surface area contributed by atoms with Gasteiger partial charge in [-0.1, -0.05) is 52.4 Å². The van der Waals surface area contributed by atoms with E-state index in [1.165, 1.54) is 0 Å². The molecule has 7 heteroatoms. The average Bonchev–Trinajstić information content (AvgIpc) is 2.65. The van der Waals surface area contributed by atoms with Gasteiger partial charge in [-0.15, -0.1) is 0 Å². The lowest BCUT2D eigenvalue weighted by Crippen LogP contribution is -2.23. The molecule has 0 rings (SSSR count). The minimum Gasteiger partial charge on any atom is -0.392 e. The van der Waals surface area contributed by atoms with Crippen molar-refractivity contribution >= 4 is 10.1 Å². The van der Waals surface area contributed by atoms with Crippen LogP contribution in [0.5, 0.6) is 0 Å². The van der Waals surface area contributed by atoms with Crippen molar-refractivity contribution in [2.24, 2.45) is 0 Å². The van der Waals surface area contributed by atoms with Gasteiger partial charge < -0.3 is 14.6 Å². The number of rotatable bonds is 22. The largest absolute Gasteiger partial charge is 0.392 e. The van der Waals surface area contributed by atoms with Gasteiger partial charge in [-0.25, -0.2) is 0 Å². The smallest absolute Gasteiger partial charge is 0.269 e. The van der Waals surface area contributed by atoms with Crippen LogP contribution in [-0.4, -0.2) is 58.4 Å². The zero-order valence-electron chi connectivity index (χ0n) is 18.2. The molecule has 0 fully saturated rings. The third-order valence-electron chi connectivity index (χ3n) is 4.45. The lowest BCUT2D eigenvalue weighted by molar-refractivity contribution is 0.125. The summed E-state index contributed by atoms with van der Waals surface area (Å²) in [6, 6.07) is 0. The monoisotopic (exact) mass is 424 g/mol. The first-order valence-electron chi connectivity index (χ1n) is 11.2. The molecule has 0 spiro atoms. The Morgan fingerprint density at radius 3 is 1.68 bits per heavy atom. The lowest BCUT2D eigenvalue weighted by atomic mass is 10.1. The maximum atomic E-state index is 11.9. The molecule has 0 heterocycles. The van der Waals surface area contributed by atoms with Crippen LogP contribution >= 0.6 is 0 Å². The maximum absolute atomic E-state index is 11.9. The highest BCUT2D eigenvalue weighted by Gasteiger charge is 2.17. The van der Waals surface area contributed by atoms with Gasteiger partial charge in [0.25, 0.3) is 10.1 Å². The molecule has 0 bridgehead atoms. The summed E-state index contributed by atoms with van der Waals surface area (Å²) in [4.78, 5) is 0. The van der Waals surface area contributed by atoms with E-state index in [9.17, 15) is 13.5 Å². The minimum absolute atomic E-state index is 0.195. The van der Waals surface area contributed by atoms with Crippen LogP contribution in [0.2, 0.25) is 0 Å². The quantitative estimate of drug-likeness (QED) is 0.204. The Labute approximate surface area is 173 Å². The molecule has 170 valence electrons. The first-order valence-corrected chi connectivity index (χ1v) is 12.8. The molecule has 0 aliphatic heterocycles. The number of aliphatic hydroxyl groups is 1. The molecule has 0 saturated carbocycles. The van der Waals surface area contributed by atoms with Gasteiger partial charge in [0, 0.05) is 26.4 Å². The van der Waals surface area contributed by atoms with Crippen LogP contribution in [0.25, 0.3) is 0 Å². The normalized spacial score (nSPS) is 13.1. The molecule has 0 aliphatic rings. The van der Waals surface area contributed by atoms with Crippen molar-refractivity contribution in [1.82, 2.24) is 0 Å². The van der Waals surface area contributed by atoms with Gasteiger partial charge in [0.15, 0.2) is 0 Å². The van der Waals surface area contributed by atoms with Crippen LogP contribution < -0.4 is 0 Å². The van der Waals surface area contributed by atoms with Crippen molar-refractivity contribution < 1.29 is 27.2 Å². The molecule has 1 N–H and O–H groups in total. The fraction of sp³-hybridized carbons (Fsp3) is 1.00. The second-order valence-electron chi connectivity index (χ2n) is 7.40. The second kappa shape index (κ2) is 20.1. The van der Waals surface area contributed by atoms with E-state index in [1.54, 1.807) is 0 Å². The molecule has 0 aromatic heterocycles. The summed E-state index contributed by atoms with van der Waals surface area (Å²) in [5.74, 6) is -0.314. The zero-order valence-corrected chi connectivity index (χ0v) is 19.0. The molecular weight excluding hydrogens is 380 g/mol. The first-order chi connectivity index (χ1) is 13.5. The topological polar surface area (TPSA) is 82.1 Å². The number of unbranched alkanes of at least 4 members (excludes halogenated alkanes) is 7. The Morgan fingerprint density at radius 2 is 1.14 bits per heavy atom. The summed E-state index contributed by atoms with van der Waals surface area (Å²) in [5, 5.41) is 9.91. The molecular formula is C21H44O6S. The first kappa shape index (κ1) is 27.8. The van der Waals surface area contributed by atoms with E-state index in [-0.39, 0.29) is 12.4 Å². The Bertz CT molecular complexity index is 413.